The second-order valence-electron chi connectivity index (χ2n) is 5.63. The van der Waals surface area contributed by atoms with Gasteiger partial charge in [-0.2, -0.15) is 9.57 Å². The van der Waals surface area contributed by atoms with Gasteiger partial charge < -0.3 is 4.90 Å². The minimum atomic E-state index is -3.56. The summed E-state index contributed by atoms with van der Waals surface area (Å²) in [6.45, 7) is 1.88. The van der Waals surface area contributed by atoms with E-state index in [1.807, 2.05) is 12.1 Å². The molecular weight excluding hydrogens is 381 g/mol. The fourth-order valence-electron chi connectivity index (χ4n) is 2.72. The number of halogens is 2. The first-order valence-electron chi connectivity index (χ1n) is 7.62. The number of hydrogen-bond acceptors (Lipinski definition) is 4. The van der Waals surface area contributed by atoms with Gasteiger partial charge in [0.25, 0.3) is 0 Å². The minimum Gasteiger partial charge on any atom is -0.369 e. The number of hydrogen-bond donors (Lipinski definition) is 0. The van der Waals surface area contributed by atoms with Crippen molar-refractivity contribution in [3.05, 3.63) is 58.1 Å². The largest absolute Gasteiger partial charge is 0.369 e. The molecule has 2 aromatic rings. The summed E-state index contributed by atoms with van der Waals surface area (Å²) >= 11 is 12.0. The third-order valence-electron chi connectivity index (χ3n) is 4.13. The number of nitrogens with zero attached hydrogens (tertiary/aromatic N) is 3. The van der Waals surface area contributed by atoms with Crippen molar-refractivity contribution in [3.63, 3.8) is 0 Å². The van der Waals surface area contributed by atoms with Crippen LogP contribution in [0.4, 0.5) is 5.69 Å². The van der Waals surface area contributed by atoms with E-state index in [1.165, 1.54) is 28.6 Å². The molecule has 0 saturated carbocycles. The lowest BCUT2D eigenvalue weighted by molar-refractivity contribution is 0.385. The van der Waals surface area contributed by atoms with Crippen LogP contribution in [-0.4, -0.2) is 38.9 Å². The predicted octanol–water partition coefficient (Wildman–Crippen LogP) is 3.38. The Hall–Kier alpha value is -1.78. The summed E-state index contributed by atoms with van der Waals surface area (Å²) in [6, 6.07) is 13.3. The third-order valence-corrected chi connectivity index (χ3v) is 6.78. The first-order valence-corrected chi connectivity index (χ1v) is 9.82. The highest BCUT2D eigenvalue weighted by Gasteiger charge is 2.28. The van der Waals surface area contributed by atoms with Crippen molar-refractivity contribution in [1.29, 1.82) is 5.26 Å². The van der Waals surface area contributed by atoms with Gasteiger partial charge in [-0.1, -0.05) is 23.2 Å². The Kier molecular flexibility index (Phi) is 5.21. The van der Waals surface area contributed by atoms with Crippen LogP contribution >= 0.6 is 23.2 Å². The van der Waals surface area contributed by atoms with Gasteiger partial charge in [0, 0.05) is 31.9 Å². The molecule has 5 nitrogen and oxygen atoms in total. The fraction of sp³-hybridized carbons (Fsp3) is 0.235. The van der Waals surface area contributed by atoms with Crippen LogP contribution in [0.2, 0.25) is 10.0 Å². The zero-order chi connectivity index (χ0) is 18.0. The van der Waals surface area contributed by atoms with E-state index in [4.69, 9.17) is 28.5 Å². The summed E-state index contributed by atoms with van der Waals surface area (Å²) < 4.78 is 26.9. The zero-order valence-corrected chi connectivity index (χ0v) is 15.5. The Bertz CT molecular complexity index is 916. The van der Waals surface area contributed by atoms with Gasteiger partial charge in [-0.15, -0.1) is 0 Å². The van der Waals surface area contributed by atoms with Gasteiger partial charge in [-0.3, -0.25) is 0 Å². The normalized spacial score (nSPS) is 15.8. The Balaban J connectivity index is 1.72. The quantitative estimate of drug-likeness (QED) is 0.798. The lowest BCUT2D eigenvalue weighted by Gasteiger charge is -2.35. The molecule has 1 aliphatic rings. The average molecular weight is 396 g/mol. The average Bonchev–Trinajstić information content (AvgIpc) is 2.64. The number of sulfonamides is 1. The van der Waals surface area contributed by atoms with Crippen LogP contribution in [0, 0.1) is 11.3 Å². The summed E-state index contributed by atoms with van der Waals surface area (Å²) in [7, 11) is -3.56. The van der Waals surface area contributed by atoms with Crippen molar-refractivity contribution in [1.82, 2.24) is 4.31 Å². The molecule has 0 unspecified atom stereocenters. The van der Waals surface area contributed by atoms with Crippen LogP contribution in [0.1, 0.15) is 5.56 Å². The predicted molar refractivity (Wildman–Crippen MR) is 98.6 cm³/mol. The van der Waals surface area contributed by atoms with Crippen molar-refractivity contribution in [3.8, 4) is 6.07 Å². The Morgan fingerprint density at radius 2 is 1.56 bits per heavy atom. The van der Waals surface area contributed by atoms with E-state index in [2.05, 4.69) is 4.90 Å². The minimum absolute atomic E-state index is 0.203. The van der Waals surface area contributed by atoms with Gasteiger partial charge in [0.1, 0.15) is 0 Å². The maximum absolute atomic E-state index is 12.7. The Labute approximate surface area is 157 Å². The van der Waals surface area contributed by atoms with Gasteiger partial charge in [-0.05, 0) is 42.5 Å². The van der Waals surface area contributed by atoms with Gasteiger partial charge in [-0.25, -0.2) is 8.42 Å². The third kappa shape index (κ3) is 3.75. The smallest absolute Gasteiger partial charge is 0.243 e. The van der Waals surface area contributed by atoms with Crippen LogP contribution in [0.25, 0.3) is 0 Å². The van der Waals surface area contributed by atoms with E-state index in [9.17, 15) is 8.42 Å². The van der Waals surface area contributed by atoms with Crippen molar-refractivity contribution in [2.24, 2.45) is 0 Å². The van der Waals surface area contributed by atoms with E-state index in [0.29, 0.717) is 41.8 Å². The SMILES string of the molecule is N#Cc1ccc(S(=O)(=O)N2CCN(c3ccc(Cl)c(Cl)c3)CC2)cc1. The first kappa shape index (κ1) is 18.0. The zero-order valence-electron chi connectivity index (χ0n) is 13.2. The summed E-state index contributed by atoms with van der Waals surface area (Å²) in [5, 5.41) is 9.79. The highest BCUT2D eigenvalue weighted by molar-refractivity contribution is 7.89. The number of rotatable bonds is 3. The number of piperazine rings is 1. The van der Waals surface area contributed by atoms with Crippen LogP contribution in [0.15, 0.2) is 47.4 Å². The van der Waals surface area contributed by atoms with Crippen molar-refractivity contribution >= 4 is 38.9 Å². The maximum Gasteiger partial charge on any atom is 0.243 e. The molecule has 1 fully saturated rings. The number of nitriles is 1. The van der Waals surface area contributed by atoms with E-state index < -0.39 is 10.0 Å². The molecule has 0 N–H and O–H groups in total. The molecule has 3 rings (SSSR count). The highest BCUT2D eigenvalue weighted by Crippen LogP contribution is 2.28. The van der Waals surface area contributed by atoms with Gasteiger partial charge in [0.15, 0.2) is 0 Å². The lowest BCUT2D eigenvalue weighted by atomic mass is 10.2. The lowest BCUT2D eigenvalue weighted by Crippen LogP contribution is -2.48. The number of benzene rings is 2. The fourth-order valence-corrected chi connectivity index (χ4v) is 4.43. The van der Waals surface area contributed by atoms with E-state index >= 15 is 0 Å². The van der Waals surface area contributed by atoms with Crippen LogP contribution in [0.5, 0.6) is 0 Å². The van der Waals surface area contributed by atoms with Gasteiger partial charge >= 0.3 is 0 Å². The Morgan fingerprint density at radius 1 is 0.920 bits per heavy atom. The second kappa shape index (κ2) is 7.22. The van der Waals surface area contributed by atoms with E-state index in [-0.39, 0.29) is 4.90 Å². The molecule has 0 aliphatic carbocycles. The number of anilines is 1. The molecule has 0 amide bonds. The highest BCUT2D eigenvalue weighted by atomic mass is 35.5. The Morgan fingerprint density at radius 3 is 2.12 bits per heavy atom. The topological polar surface area (TPSA) is 64.4 Å². The monoisotopic (exact) mass is 395 g/mol. The standard InChI is InChI=1S/C17H15Cl2N3O2S/c18-16-6-3-14(11-17(16)19)21-7-9-22(10-8-21)25(23,24)15-4-1-13(12-20)2-5-15/h1-6,11H,7-10H2. The molecule has 0 atom stereocenters. The molecular formula is C17H15Cl2N3O2S. The van der Waals surface area contributed by atoms with Crippen LogP contribution < -0.4 is 4.90 Å². The second-order valence-corrected chi connectivity index (χ2v) is 8.38. The first-order chi connectivity index (χ1) is 11.9. The van der Waals surface area contributed by atoms with Crippen molar-refractivity contribution in [2.75, 3.05) is 31.1 Å². The van der Waals surface area contributed by atoms with E-state index in [0.717, 1.165) is 5.69 Å². The van der Waals surface area contributed by atoms with Gasteiger partial charge in [0.05, 0.1) is 26.6 Å². The van der Waals surface area contributed by atoms with E-state index in [1.54, 1.807) is 12.1 Å². The van der Waals surface area contributed by atoms with Crippen LogP contribution in [-0.2, 0) is 10.0 Å². The summed E-state index contributed by atoms with van der Waals surface area (Å²) in [6.07, 6.45) is 0. The van der Waals surface area contributed by atoms with Gasteiger partial charge in [0.2, 0.25) is 10.0 Å². The molecule has 1 heterocycles. The van der Waals surface area contributed by atoms with Crippen LogP contribution in [0.3, 0.4) is 0 Å². The molecule has 130 valence electrons. The molecule has 1 aliphatic heterocycles. The molecule has 0 aromatic heterocycles. The van der Waals surface area contributed by atoms with Crippen molar-refractivity contribution < 1.29 is 8.42 Å². The summed E-state index contributed by atoms with van der Waals surface area (Å²) in [5.74, 6) is 0. The molecule has 25 heavy (non-hydrogen) atoms. The molecule has 0 spiro atoms. The molecule has 0 bridgehead atoms. The molecule has 8 heteroatoms. The maximum atomic E-state index is 12.7. The summed E-state index contributed by atoms with van der Waals surface area (Å²) in [4.78, 5) is 2.28. The molecule has 0 radical (unpaired) electrons. The molecule has 1 saturated heterocycles. The molecule has 2 aromatic carbocycles. The van der Waals surface area contributed by atoms with Crippen molar-refractivity contribution in [2.45, 2.75) is 4.90 Å². The summed E-state index contributed by atoms with van der Waals surface area (Å²) in [5.41, 5.74) is 1.35.